The first-order valence-corrected chi connectivity index (χ1v) is 12.6. The molecule has 172 valence electrons. The lowest BCUT2D eigenvalue weighted by Crippen LogP contribution is -2.36. The molecule has 2 heterocycles. The number of hydrogen-bond donors (Lipinski definition) is 1. The van der Waals surface area contributed by atoms with Gasteiger partial charge in [0.1, 0.15) is 0 Å². The van der Waals surface area contributed by atoms with Crippen LogP contribution in [0.15, 0.2) is 65.7 Å². The highest BCUT2D eigenvalue weighted by atomic mass is 32.2. The number of piperidine rings is 1. The van der Waals surface area contributed by atoms with Crippen molar-refractivity contribution in [1.82, 2.24) is 14.7 Å². The van der Waals surface area contributed by atoms with Crippen LogP contribution in [0.1, 0.15) is 40.0 Å². The maximum Gasteiger partial charge on any atom is 0.268 e. The predicted octanol–water partition coefficient (Wildman–Crippen LogP) is 3.67. The zero-order chi connectivity index (χ0) is 23.4. The van der Waals surface area contributed by atoms with Gasteiger partial charge in [0.2, 0.25) is 5.95 Å². The fourth-order valence-electron chi connectivity index (χ4n) is 4.07. The predicted molar refractivity (Wildman–Crippen MR) is 128 cm³/mol. The van der Waals surface area contributed by atoms with Gasteiger partial charge in [-0.2, -0.15) is 0 Å². The molecule has 1 aliphatic rings. The largest absolute Gasteiger partial charge is 0.341 e. The Hall–Kier alpha value is -3.26. The van der Waals surface area contributed by atoms with Crippen LogP contribution in [0.2, 0.25) is 0 Å². The first kappa shape index (κ1) is 22.9. The molecule has 1 aromatic heterocycles. The molecule has 0 spiro atoms. The van der Waals surface area contributed by atoms with Crippen LogP contribution in [0.5, 0.6) is 0 Å². The van der Waals surface area contributed by atoms with Crippen LogP contribution in [-0.2, 0) is 16.4 Å². The molecule has 0 saturated carbocycles. The molecule has 7 nitrogen and oxygen atoms in total. The normalized spacial score (nSPS) is 14.8. The van der Waals surface area contributed by atoms with Crippen LogP contribution in [0.4, 0.5) is 5.95 Å². The Labute approximate surface area is 194 Å². The highest BCUT2D eigenvalue weighted by Gasteiger charge is 2.24. The van der Waals surface area contributed by atoms with E-state index in [0.29, 0.717) is 17.6 Å². The van der Waals surface area contributed by atoms with E-state index in [1.54, 1.807) is 19.1 Å². The number of sulfonamides is 1. The standard InChI is InChI=1S/C25H28N4O3S/c1-18-8-10-22(11-9-18)33(31,32)28-24(30)23-17-26-25(27-19(23)2)29-14-12-21(13-15-29)16-20-6-4-3-5-7-20/h3-11,17,21H,12-16H2,1-2H3,(H,28,30). The van der Waals surface area contributed by atoms with Gasteiger partial charge in [0, 0.05) is 19.3 Å². The quantitative estimate of drug-likeness (QED) is 0.598. The van der Waals surface area contributed by atoms with Crippen LogP contribution >= 0.6 is 0 Å². The number of aromatic nitrogens is 2. The summed E-state index contributed by atoms with van der Waals surface area (Å²) in [5.74, 6) is 0.464. The van der Waals surface area contributed by atoms with E-state index in [1.165, 1.54) is 23.9 Å². The van der Waals surface area contributed by atoms with E-state index in [9.17, 15) is 13.2 Å². The Bertz CT molecular complexity index is 1220. The SMILES string of the molecule is Cc1ccc(S(=O)(=O)NC(=O)c2cnc(N3CCC(Cc4ccccc4)CC3)nc2C)cc1. The topological polar surface area (TPSA) is 92.3 Å². The van der Waals surface area contributed by atoms with E-state index in [1.807, 2.05) is 13.0 Å². The maximum absolute atomic E-state index is 12.6. The zero-order valence-electron chi connectivity index (χ0n) is 18.9. The van der Waals surface area contributed by atoms with Crippen LogP contribution in [0.3, 0.4) is 0 Å². The molecule has 33 heavy (non-hydrogen) atoms. The minimum atomic E-state index is -3.97. The highest BCUT2D eigenvalue weighted by Crippen LogP contribution is 2.24. The molecule has 1 saturated heterocycles. The number of amides is 1. The number of rotatable bonds is 6. The van der Waals surface area contributed by atoms with Gasteiger partial charge in [-0.15, -0.1) is 0 Å². The minimum absolute atomic E-state index is 0.0371. The second kappa shape index (κ2) is 9.70. The third kappa shape index (κ3) is 5.57. The number of hydrogen-bond acceptors (Lipinski definition) is 6. The molecule has 2 aromatic carbocycles. The van der Waals surface area contributed by atoms with Crippen molar-refractivity contribution in [2.24, 2.45) is 5.92 Å². The van der Waals surface area contributed by atoms with Crippen molar-refractivity contribution in [3.63, 3.8) is 0 Å². The molecule has 0 unspecified atom stereocenters. The maximum atomic E-state index is 12.6. The second-order valence-electron chi connectivity index (χ2n) is 8.54. The Morgan fingerprint density at radius 2 is 1.70 bits per heavy atom. The summed E-state index contributed by atoms with van der Waals surface area (Å²) in [6, 6.07) is 16.8. The summed E-state index contributed by atoms with van der Waals surface area (Å²) in [5, 5.41) is 0. The fraction of sp³-hybridized carbons (Fsp3) is 0.320. The second-order valence-corrected chi connectivity index (χ2v) is 10.2. The van der Waals surface area contributed by atoms with Gasteiger partial charge in [-0.25, -0.2) is 23.1 Å². The summed E-state index contributed by atoms with van der Waals surface area (Å²) in [4.78, 5) is 23.7. The van der Waals surface area contributed by atoms with Crippen molar-refractivity contribution in [2.45, 2.75) is 38.0 Å². The van der Waals surface area contributed by atoms with Crippen LogP contribution in [-0.4, -0.2) is 37.4 Å². The monoisotopic (exact) mass is 464 g/mol. The number of carbonyl (C=O) groups excluding carboxylic acids is 1. The summed E-state index contributed by atoms with van der Waals surface area (Å²) in [7, 11) is -3.97. The minimum Gasteiger partial charge on any atom is -0.341 e. The number of carbonyl (C=O) groups is 1. The van der Waals surface area contributed by atoms with Crippen molar-refractivity contribution < 1.29 is 13.2 Å². The van der Waals surface area contributed by atoms with Crippen LogP contribution in [0, 0.1) is 19.8 Å². The molecular weight excluding hydrogens is 436 g/mol. The van der Waals surface area contributed by atoms with E-state index in [-0.39, 0.29) is 10.5 Å². The summed E-state index contributed by atoms with van der Waals surface area (Å²) in [6.45, 7) is 5.26. The average molecular weight is 465 g/mol. The molecular formula is C25H28N4O3S. The van der Waals surface area contributed by atoms with E-state index >= 15 is 0 Å². The van der Waals surface area contributed by atoms with Gasteiger partial charge in [0.15, 0.2) is 0 Å². The summed E-state index contributed by atoms with van der Waals surface area (Å²) >= 11 is 0. The Morgan fingerprint density at radius 1 is 1.03 bits per heavy atom. The number of nitrogens with zero attached hydrogens (tertiary/aromatic N) is 3. The molecule has 0 radical (unpaired) electrons. The molecule has 8 heteroatoms. The van der Waals surface area contributed by atoms with Crippen molar-refractivity contribution in [3.05, 3.63) is 83.2 Å². The summed E-state index contributed by atoms with van der Waals surface area (Å²) in [6.07, 6.45) is 4.58. The number of benzene rings is 2. The summed E-state index contributed by atoms with van der Waals surface area (Å²) in [5.41, 5.74) is 2.89. The molecule has 3 aromatic rings. The third-order valence-electron chi connectivity index (χ3n) is 6.03. The molecule has 1 aliphatic heterocycles. The average Bonchev–Trinajstić information content (AvgIpc) is 2.80. The number of nitrogens with one attached hydrogen (secondary N) is 1. The van der Waals surface area contributed by atoms with Gasteiger partial charge in [0.25, 0.3) is 15.9 Å². The van der Waals surface area contributed by atoms with Gasteiger partial charge < -0.3 is 4.90 Å². The molecule has 1 N–H and O–H groups in total. The van der Waals surface area contributed by atoms with E-state index in [2.05, 4.69) is 43.9 Å². The molecule has 0 aliphatic carbocycles. The van der Waals surface area contributed by atoms with Gasteiger partial charge in [-0.1, -0.05) is 48.0 Å². The van der Waals surface area contributed by atoms with E-state index in [4.69, 9.17) is 0 Å². The Kier molecular flexibility index (Phi) is 6.74. The first-order valence-electron chi connectivity index (χ1n) is 11.1. The van der Waals surface area contributed by atoms with Crippen molar-refractivity contribution in [2.75, 3.05) is 18.0 Å². The van der Waals surface area contributed by atoms with Gasteiger partial charge in [0.05, 0.1) is 16.2 Å². The lowest BCUT2D eigenvalue weighted by atomic mass is 9.90. The smallest absolute Gasteiger partial charge is 0.268 e. The first-order chi connectivity index (χ1) is 15.8. The number of anilines is 1. The van der Waals surface area contributed by atoms with Gasteiger partial charge in [-0.3, -0.25) is 4.79 Å². The van der Waals surface area contributed by atoms with E-state index < -0.39 is 15.9 Å². The Balaban J connectivity index is 1.39. The molecule has 1 fully saturated rings. The van der Waals surface area contributed by atoms with Crippen molar-refractivity contribution in [1.29, 1.82) is 0 Å². The lowest BCUT2D eigenvalue weighted by molar-refractivity contribution is 0.0980. The molecule has 4 rings (SSSR count). The molecule has 0 atom stereocenters. The third-order valence-corrected chi connectivity index (χ3v) is 7.38. The van der Waals surface area contributed by atoms with Crippen molar-refractivity contribution >= 4 is 21.9 Å². The Morgan fingerprint density at radius 3 is 2.33 bits per heavy atom. The van der Waals surface area contributed by atoms with Crippen LogP contribution in [0.25, 0.3) is 0 Å². The summed E-state index contributed by atoms with van der Waals surface area (Å²) < 4.78 is 27.2. The zero-order valence-corrected chi connectivity index (χ0v) is 19.7. The fourth-order valence-corrected chi connectivity index (χ4v) is 5.03. The highest BCUT2D eigenvalue weighted by molar-refractivity contribution is 7.90. The van der Waals surface area contributed by atoms with Crippen molar-refractivity contribution in [3.8, 4) is 0 Å². The lowest BCUT2D eigenvalue weighted by Gasteiger charge is -2.32. The molecule has 1 amide bonds. The number of aryl methyl sites for hydroxylation is 2. The van der Waals surface area contributed by atoms with Crippen LogP contribution < -0.4 is 9.62 Å². The molecule has 0 bridgehead atoms. The van der Waals surface area contributed by atoms with E-state index in [0.717, 1.165) is 37.9 Å². The van der Waals surface area contributed by atoms with Gasteiger partial charge in [-0.05, 0) is 56.7 Å². The van der Waals surface area contributed by atoms with Gasteiger partial charge >= 0.3 is 0 Å².